The highest BCUT2D eigenvalue weighted by Crippen LogP contribution is 2.17. The molecule has 4 nitrogen and oxygen atoms in total. The third-order valence-corrected chi connectivity index (χ3v) is 4.58. The molecule has 0 saturated heterocycles. The van der Waals surface area contributed by atoms with Gasteiger partial charge in [0.25, 0.3) is 0 Å². The van der Waals surface area contributed by atoms with Gasteiger partial charge in [-0.15, -0.1) is 0 Å². The zero-order valence-electron chi connectivity index (χ0n) is 16.2. The van der Waals surface area contributed by atoms with Gasteiger partial charge in [0.1, 0.15) is 5.75 Å². The highest BCUT2D eigenvalue weighted by molar-refractivity contribution is 5.94. The van der Waals surface area contributed by atoms with Crippen molar-refractivity contribution in [2.75, 3.05) is 25.1 Å². The maximum atomic E-state index is 12.9. The molecule has 28 heavy (non-hydrogen) atoms. The topological polar surface area (TPSA) is 41.6 Å². The number of carbonyl (C=O) groups is 1. The summed E-state index contributed by atoms with van der Waals surface area (Å²) in [5.74, 6) is 0.913. The zero-order valence-corrected chi connectivity index (χ0v) is 16.2. The van der Waals surface area contributed by atoms with Crippen molar-refractivity contribution in [3.63, 3.8) is 0 Å². The van der Waals surface area contributed by atoms with Crippen molar-refractivity contribution >= 4 is 11.6 Å². The van der Waals surface area contributed by atoms with Gasteiger partial charge in [0.2, 0.25) is 5.91 Å². The van der Waals surface area contributed by atoms with Crippen LogP contribution in [0, 0.1) is 0 Å². The predicted octanol–water partition coefficient (Wildman–Crippen LogP) is 4.06. The minimum atomic E-state index is 0.0600. The minimum Gasteiger partial charge on any atom is -0.497 e. The number of nitrogens with zero attached hydrogens (tertiary/aromatic N) is 1. The lowest BCUT2D eigenvalue weighted by Crippen LogP contribution is -2.38. The second-order valence-electron chi connectivity index (χ2n) is 6.58. The lowest BCUT2D eigenvalue weighted by Gasteiger charge is -2.23. The molecule has 0 spiro atoms. The van der Waals surface area contributed by atoms with Crippen LogP contribution in [0.4, 0.5) is 5.69 Å². The number of nitrogens with one attached hydrogen (secondary N) is 1. The normalized spacial score (nSPS) is 10.5. The van der Waals surface area contributed by atoms with E-state index in [4.69, 9.17) is 4.74 Å². The lowest BCUT2D eigenvalue weighted by molar-refractivity contribution is -0.117. The van der Waals surface area contributed by atoms with Crippen molar-refractivity contribution in [1.29, 1.82) is 0 Å². The molecule has 0 radical (unpaired) electrons. The fourth-order valence-electron chi connectivity index (χ4n) is 3.01. The van der Waals surface area contributed by atoms with E-state index in [1.165, 1.54) is 5.56 Å². The molecule has 0 atom stereocenters. The molecule has 1 amide bonds. The summed E-state index contributed by atoms with van der Waals surface area (Å²) in [7, 11) is 1.66. The van der Waals surface area contributed by atoms with Crippen LogP contribution in [0.1, 0.15) is 11.1 Å². The Bertz CT molecular complexity index is 849. The summed E-state index contributed by atoms with van der Waals surface area (Å²) < 4.78 is 5.18. The molecular formula is C24H26N2O2. The number of carbonyl (C=O) groups excluding carboxylic acids is 1. The summed E-state index contributed by atoms with van der Waals surface area (Å²) in [6.07, 6.45) is 0.862. The molecule has 0 unspecified atom stereocenters. The van der Waals surface area contributed by atoms with Crippen molar-refractivity contribution in [3.05, 3.63) is 96.1 Å². The Morgan fingerprint density at radius 3 is 2.14 bits per heavy atom. The van der Waals surface area contributed by atoms with Crippen molar-refractivity contribution in [1.82, 2.24) is 5.32 Å². The number of benzene rings is 3. The van der Waals surface area contributed by atoms with Crippen molar-refractivity contribution in [3.8, 4) is 5.75 Å². The van der Waals surface area contributed by atoms with Gasteiger partial charge in [-0.05, 0) is 48.4 Å². The van der Waals surface area contributed by atoms with Crippen LogP contribution in [0.2, 0.25) is 0 Å². The van der Waals surface area contributed by atoms with Gasteiger partial charge in [0, 0.05) is 5.69 Å². The van der Waals surface area contributed by atoms with Crippen LogP contribution in [0.25, 0.3) is 0 Å². The molecule has 0 bridgehead atoms. The summed E-state index contributed by atoms with van der Waals surface area (Å²) >= 11 is 0. The van der Waals surface area contributed by atoms with Crippen LogP contribution in [-0.2, 0) is 17.8 Å². The maximum Gasteiger partial charge on any atom is 0.241 e. The van der Waals surface area contributed by atoms with Crippen LogP contribution in [0.3, 0.4) is 0 Å². The smallest absolute Gasteiger partial charge is 0.241 e. The molecule has 0 aliphatic carbocycles. The van der Waals surface area contributed by atoms with Crippen LogP contribution in [-0.4, -0.2) is 26.1 Å². The summed E-state index contributed by atoms with van der Waals surface area (Å²) in [4.78, 5) is 14.7. The van der Waals surface area contributed by atoms with Crippen LogP contribution < -0.4 is 15.0 Å². The molecule has 3 aromatic carbocycles. The predicted molar refractivity (Wildman–Crippen MR) is 114 cm³/mol. The van der Waals surface area contributed by atoms with Crippen LogP contribution in [0.15, 0.2) is 84.9 Å². The molecular weight excluding hydrogens is 348 g/mol. The quantitative estimate of drug-likeness (QED) is 0.574. The minimum absolute atomic E-state index is 0.0600. The number of hydrogen-bond donors (Lipinski definition) is 1. The van der Waals surface area contributed by atoms with Gasteiger partial charge in [-0.3, -0.25) is 4.79 Å². The highest BCUT2D eigenvalue weighted by atomic mass is 16.5. The second kappa shape index (κ2) is 10.3. The van der Waals surface area contributed by atoms with E-state index in [0.29, 0.717) is 13.1 Å². The number of anilines is 1. The molecule has 0 saturated carbocycles. The number of ether oxygens (including phenoxy) is 1. The van der Waals surface area contributed by atoms with E-state index in [9.17, 15) is 4.79 Å². The molecule has 0 fully saturated rings. The SMILES string of the molecule is COc1ccc(CCNCC(=O)N(Cc2ccccc2)c2ccccc2)cc1. The first-order valence-corrected chi connectivity index (χ1v) is 9.49. The van der Waals surface area contributed by atoms with Gasteiger partial charge in [-0.1, -0.05) is 60.7 Å². The van der Waals surface area contributed by atoms with Crippen LogP contribution in [0.5, 0.6) is 5.75 Å². The molecule has 4 heteroatoms. The molecule has 0 aromatic heterocycles. The van der Waals surface area contributed by atoms with Crippen molar-refractivity contribution < 1.29 is 9.53 Å². The Morgan fingerprint density at radius 2 is 1.50 bits per heavy atom. The number of hydrogen-bond acceptors (Lipinski definition) is 3. The van der Waals surface area contributed by atoms with Gasteiger partial charge in [0.05, 0.1) is 20.2 Å². The van der Waals surface area contributed by atoms with Gasteiger partial charge in [0.15, 0.2) is 0 Å². The van der Waals surface area contributed by atoms with E-state index in [2.05, 4.69) is 5.32 Å². The number of rotatable bonds is 9. The Balaban J connectivity index is 1.56. The molecule has 3 aromatic rings. The first kappa shape index (κ1) is 19.6. The molecule has 0 aliphatic heterocycles. The van der Waals surface area contributed by atoms with E-state index in [-0.39, 0.29) is 5.91 Å². The third-order valence-electron chi connectivity index (χ3n) is 4.58. The van der Waals surface area contributed by atoms with Crippen molar-refractivity contribution in [2.24, 2.45) is 0 Å². The Labute approximate surface area is 166 Å². The van der Waals surface area contributed by atoms with Gasteiger partial charge in [-0.2, -0.15) is 0 Å². The maximum absolute atomic E-state index is 12.9. The summed E-state index contributed by atoms with van der Waals surface area (Å²) in [6, 6.07) is 27.9. The first-order chi connectivity index (χ1) is 13.8. The molecule has 144 valence electrons. The average Bonchev–Trinajstić information content (AvgIpc) is 2.76. The first-order valence-electron chi connectivity index (χ1n) is 9.49. The van der Waals surface area contributed by atoms with Gasteiger partial charge in [-0.25, -0.2) is 0 Å². The van der Waals surface area contributed by atoms with E-state index >= 15 is 0 Å². The standard InChI is InChI=1S/C24H26N2O2/c1-28-23-14-12-20(13-15-23)16-17-25-18-24(27)26(22-10-6-3-7-11-22)19-21-8-4-2-5-9-21/h2-15,25H,16-19H2,1H3. The zero-order chi connectivity index (χ0) is 19.6. The molecule has 3 rings (SSSR count). The molecule has 0 heterocycles. The lowest BCUT2D eigenvalue weighted by atomic mass is 10.1. The second-order valence-corrected chi connectivity index (χ2v) is 6.58. The Kier molecular flexibility index (Phi) is 7.21. The average molecular weight is 374 g/mol. The summed E-state index contributed by atoms with van der Waals surface area (Å²) in [5, 5.41) is 3.28. The monoisotopic (exact) mass is 374 g/mol. The molecule has 0 aliphatic rings. The van der Waals surface area contributed by atoms with Crippen molar-refractivity contribution in [2.45, 2.75) is 13.0 Å². The van der Waals surface area contributed by atoms with Crippen LogP contribution >= 0.6 is 0 Å². The van der Waals surface area contributed by atoms with E-state index in [1.807, 2.05) is 89.8 Å². The molecule has 1 N–H and O–H groups in total. The highest BCUT2D eigenvalue weighted by Gasteiger charge is 2.15. The third kappa shape index (κ3) is 5.69. The number of methoxy groups -OCH3 is 1. The van der Waals surface area contributed by atoms with Gasteiger partial charge < -0.3 is 15.0 Å². The fraction of sp³-hybridized carbons (Fsp3) is 0.208. The number of amides is 1. The summed E-state index contributed by atoms with van der Waals surface area (Å²) in [6.45, 7) is 1.60. The summed E-state index contributed by atoms with van der Waals surface area (Å²) in [5.41, 5.74) is 3.23. The fourth-order valence-corrected chi connectivity index (χ4v) is 3.01. The Hall–Kier alpha value is -3.11. The van der Waals surface area contributed by atoms with Gasteiger partial charge >= 0.3 is 0 Å². The van der Waals surface area contributed by atoms with E-state index < -0.39 is 0 Å². The number of para-hydroxylation sites is 1. The van der Waals surface area contributed by atoms with E-state index in [1.54, 1.807) is 7.11 Å². The Morgan fingerprint density at radius 1 is 0.857 bits per heavy atom. The largest absolute Gasteiger partial charge is 0.497 e. The van der Waals surface area contributed by atoms with E-state index in [0.717, 1.165) is 30.0 Å².